The zero-order valence-corrected chi connectivity index (χ0v) is 18.2. The molecule has 0 radical (unpaired) electrons. The van der Waals surface area contributed by atoms with Crippen molar-refractivity contribution in [3.8, 4) is 5.75 Å². The van der Waals surface area contributed by atoms with Gasteiger partial charge in [0, 0.05) is 51.2 Å². The highest BCUT2D eigenvalue weighted by molar-refractivity contribution is 5.83. The SMILES string of the molecule is COc1ccc(CN2CC[C@H]3[C@H]2C(=O)NC[C@H](CCC(=O)N2CCCC2)N3C)cc1. The fourth-order valence-corrected chi connectivity index (χ4v) is 5.21. The van der Waals surface area contributed by atoms with E-state index in [0.29, 0.717) is 13.0 Å². The third-order valence-electron chi connectivity index (χ3n) is 7.04. The van der Waals surface area contributed by atoms with E-state index in [-0.39, 0.29) is 29.9 Å². The highest BCUT2D eigenvalue weighted by atomic mass is 16.5. The van der Waals surface area contributed by atoms with Gasteiger partial charge in [0.25, 0.3) is 0 Å². The van der Waals surface area contributed by atoms with Gasteiger partial charge in [-0.2, -0.15) is 0 Å². The van der Waals surface area contributed by atoms with Gasteiger partial charge in [0.2, 0.25) is 11.8 Å². The molecule has 7 heteroatoms. The summed E-state index contributed by atoms with van der Waals surface area (Å²) in [6, 6.07) is 8.32. The average molecular weight is 415 g/mol. The van der Waals surface area contributed by atoms with Crippen LogP contribution in [0.5, 0.6) is 5.75 Å². The van der Waals surface area contributed by atoms with Crippen LogP contribution in [0.3, 0.4) is 0 Å². The number of ether oxygens (including phenoxy) is 1. The van der Waals surface area contributed by atoms with Crippen molar-refractivity contribution < 1.29 is 14.3 Å². The van der Waals surface area contributed by atoms with Crippen molar-refractivity contribution in [2.24, 2.45) is 0 Å². The van der Waals surface area contributed by atoms with E-state index < -0.39 is 0 Å². The van der Waals surface area contributed by atoms with Gasteiger partial charge in [0.05, 0.1) is 7.11 Å². The third-order valence-corrected chi connectivity index (χ3v) is 7.04. The molecule has 0 spiro atoms. The van der Waals surface area contributed by atoms with Crippen molar-refractivity contribution in [3.63, 3.8) is 0 Å². The first-order chi connectivity index (χ1) is 14.6. The number of likely N-dealkylation sites (N-methyl/N-ethyl adjacent to an activating group) is 1. The monoisotopic (exact) mass is 414 g/mol. The Hall–Kier alpha value is -2.12. The largest absolute Gasteiger partial charge is 0.497 e. The second-order valence-corrected chi connectivity index (χ2v) is 8.81. The number of fused-ring (bicyclic) bond motifs is 1. The van der Waals surface area contributed by atoms with E-state index in [0.717, 1.165) is 57.6 Å². The van der Waals surface area contributed by atoms with Crippen molar-refractivity contribution in [2.45, 2.75) is 56.8 Å². The number of amides is 2. The maximum absolute atomic E-state index is 13.0. The van der Waals surface area contributed by atoms with Crippen LogP contribution in [-0.4, -0.2) is 85.0 Å². The van der Waals surface area contributed by atoms with Crippen molar-refractivity contribution in [3.05, 3.63) is 29.8 Å². The molecule has 3 heterocycles. The number of methoxy groups -OCH3 is 1. The predicted molar refractivity (Wildman–Crippen MR) is 115 cm³/mol. The van der Waals surface area contributed by atoms with Crippen molar-refractivity contribution in [1.29, 1.82) is 0 Å². The number of hydrogen-bond acceptors (Lipinski definition) is 5. The summed E-state index contributed by atoms with van der Waals surface area (Å²) in [5.41, 5.74) is 1.18. The summed E-state index contributed by atoms with van der Waals surface area (Å²) >= 11 is 0. The lowest BCUT2D eigenvalue weighted by Gasteiger charge is -2.33. The van der Waals surface area contributed by atoms with Gasteiger partial charge in [-0.05, 0) is 50.4 Å². The number of carbonyl (C=O) groups is 2. The van der Waals surface area contributed by atoms with E-state index >= 15 is 0 Å². The molecule has 1 N–H and O–H groups in total. The van der Waals surface area contributed by atoms with Crippen LogP contribution in [-0.2, 0) is 16.1 Å². The Kier molecular flexibility index (Phi) is 6.58. The molecule has 164 valence electrons. The zero-order valence-electron chi connectivity index (χ0n) is 18.2. The van der Waals surface area contributed by atoms with Gasteiger partial charge >= 0.3 is 0 Å². The summed E-state index contributed by atoms with van der Waals surface area (Å²) in [6.07, 6.45) is 4.59. The van der Waals surface area contributed by atoms with Gasteiger partial charge in [0.15, 0.2) is 0 Å². The standard InChI is InChI=1S/C23H34N4O3/c1-25-18(7-10-21(28)26-12-3-4-13-26)15-24-23(29)22-20(25)11-14-27(22)16-17-5-8-19(30-2)9-6-17/h5-6,8-9,18,20,22H,3-4,7,10-16H2,1-2H3,(H,24,29)/t18-,20-,22-/m0/s1. The quantitative estimate of drug-likeness (QED) is 0.764. The smallest absolute Gasteiger partial charge is 0.239 e. The number of benzene rings is 1. The van der Waals surface area contributed by atoms with Gasteiger partial charge in [-0.15, -0.1) is 0 Å². The molecule has 4 rings (SSSR count). The summed E-state index contributed by atoms with van der Waals surface area (Å²) in [6.45, 7) is 4.08. The van der Waals surface area contributed by atoms with Crippen LogP contribution in [0.15, 0.2) is 24.3 Å². The molecule has 0 aromatic heterocycles. The normalized spacial score (nSPS) is 27.6. The molecule has 0 unspecified atom stereocenters. The van der Waals surface area contributed by atoms with Crippen LogP contribution >= 0.6 is 0 Å². The summed E-state index contributed by atoms with van der Waals surface area (Å²) in [4.78, 5) is 32.1. The first kappa shape index (κ1) is 21.1. The second kappa shape index (κ2) is 9.35. The molecule has 1 aromatic carbocycles. The zero-order chi connectivity index (χ0) is 21.1. The number of rotatable bonds is 6. The summed E-state index contributed by atoms with van der Waals surface area (Å²) in [5.74, 6) is 1.23. The summed E-state index contributed by atoms with van der Waals surface area (Å²) < 4.78 is 5.25. The van der Waals surface area contributed by atoms with Crippen LogP contribution in [0.2, 0.25) is 0 Å². The predicted octanol–water partition coefficient (Wildman–Crippen LogP) is 1.47. The first-order valence-electron chi connectivity index (χ1n) is 11.2. The van der Waals surface area contributed by atoms with Crippen molar-refractivity contribution in [2.75, 3.05) is 40.3 Å². The Bertz CT molecular complexity index is 747. The fourth-order valence-electron chi connectivity index (χ4n) is 5.21. The summed E-state index contributed by atoms with van der Waals surface area (Å²) in [7, 11) is 3.79. The van der Waals surface area contributed by atoms with Crippen molar-refractivity contribution in [1.82, 2.24) is 20.0 Å². The minimum absolute atomic E-state index is 0.117. The van der Waals surface area contributed by atoms with E-state index in [4.69, 9.17) is 4.74 Å². The van der Waals surface area contributed by atoms with E-state index in [9.17, 15) is 9.59 Å². The average Bonchev–Trinajstić information content (AvgIpc) is 3.42. The minimum Gasteiger partial charge on any atom is -0.497 e. The van der Waals surface area contributed by atoms with Crippen LogP contribution in [0.1, 0.15) is 37.7 Å². The number of nitrogens with one attached hydrogen (secondary N) is 1. The topological polar surface area (TPSA) is 65.1 Å². The van der Waals surface area contributed by atoms with Crippen LogP contribution in [0.25, 0.3) is 0 Å². The Morgan fingerprint density at radius 2 is 1.90 bits per heavy atom. The molecule has 30 heavy (non-hydrogen) atoms. The molecular formula is C23H34N4O3. The third kappa shape index (κ3) is 4.47. The Morgan fingerprint density at radius 1 is 1.17 bits per heavy atom. The molecule has 1 aromatic rings. The second-order valence-electron chi connectivity index (χ2n) is 8.81. The van der Waals surface area contributed by atoms with Crippen LogP contribution in [0.4, 0.5) is 0 Å². The lowest BCUT2D eigenvalue weighted by atomic mass is 10.0. The highest BCUT2D eigenvalue weighted by Crippen LogP contribution is 2.29. The van der Waals surface area contributed by atoms with E-state index in [2.05, 4.69) is 34.3 Å². The van der Waals surface area contributed by atoms with Gasteiger partial charge in [-0.1, -0.05) is 12.1 Å². The maximum atomic E-state index is 13.0. The van der Waals surface area contributed by atoms with Gasteiger partial charge in [-0.3, -0.25) is 19.4 Å². The molecule has 3 aliphatic rings. The molecule has 0 saturated carbocycles. The molecule has 7 nitrogen and oxygen atoms in total. The van der Waals surface area contributed by atoms with Gasteiger partial charge in [-0.25, -0.2) is 0 Å². The molecule has 0 aliphatic carbocycles. The number of carbonyl (C=O) groups excluding carboxylic acids is 2. The Morgan fingerprint density at radius 3 is 2.60 bits per heavy atom. The Labute approximate surface area is 179 Å². The molecule has 3 saturated heterocycles. The van der Waals surface area contributed by atoms with E-state index in [1.54, 1.807) is 7.11 Å². The van der Waals surface area contributed by atoms with E-state index in [1.165, 1.54) is 5.56 Å². The minimum atomic E-state index is -0.142. The summed E-state index contributed by atoms with van der Waals surface area (Å²) in [5, 5.41) is 3.16. The molecular weight excluding hydrogens is 380 g/mol. The molecule has 3 atom stereocenters. The van der Waals surface area contributed by atoms with E-state index in [1.807, 2.05) is 17.0 Å². The van der Waals surface area contributed by atoms with Gasteiger partial charge < -0.3 is 15.0 Å². The van der Waals surface area contributed by atoms with Crippen molar-refractivity contribution >= 4 is 11.8 Å². The molecule has 3 fully saturated rings. The molecule has 2 amide bonds. The fraction of sp³-hybridized carbons (Fsp3) is 0.652. The lowest BCUT2D eigenvalue weighted by Crippen LogP contribution is -2.49. The highest BCUT2D eigenvalue weighted by Gasteiger charge is 2.44. The lowest BCUT2D eigenvalue weighted by molar-refractivity contribution is -0.130. The molecule has 0 bridgehead atoms. The molecule has 3 aliphatic heterocycles. The Balaban J connectivity index is 1.38. The van der Waals surface area contributed by atoms with Crippen LogP contribution in [0, 0.1) is 0 Å². The number of hydrogen-bond donors (Lipinski definition) is 1. The maximum Gasteiger partial charge on any atom is 0.239 e. The number of nitrogens with zero attached hydrogens (tertiary/aromatic N) is 3. The van der Waals surface area contributed by atoms with Crippen LogP contribution < -0.4 is 10.1 Å². The van der Waals surface area contributed by atoms with Gasteiger partial charge in [0.1, 0.15) is 11.8 Å². The first-order valence-corrected chi connectivity index (χ1v) is 11.2. The number of likely N-dealkylation sites (tertiary alicyclic amines) is 2.